The molecule has 0 nitrogen and oxygen atoms in total. The molecule has 0 aliphatic rings. The van der Waals surface area contributed by atoms with Crippen LogP contribution in [0.15, 0.2) is 18.2 Å². The van der Waals surface area contributed by atoms with Gasteiger partial charge in [0, 0.05) is 0 Å². The average Bonchev–Trinajstić information content (AvgIpc) is 1.99. The first-order valence-electron chi connectivity index (χ1n) is 3.87. The fraction of sp³-hybridized carbons (Fsp3) is 0.250. The molecule has 0 N–H and O–H groups in total. The van der Waals surface area contributed by atoms with Gasteiger partial charge >= 0.3 is 41.9 Å². The van der Waals surface area contributed by atoms with Gasteiger partial charge in [0.25, 0.3) is 0 Å². The molecule has 0 atom stereocenters. The van der Waals surface area contributed by atoms with E-state index in [1.807, 2.05) is 0 Å². The van der Waals surface area contributed by atoms with E-state index in [9.17, 15) is 26.3 Å². The Morgan fingerprint density at radius 3 is 1.31 bits per heavy atom. The second-order valence-corrected chi connectivity index (χ2v) is 3.08. The zero-order chi connectivity index (χ0) is 11.9. The van der Waals surface area contributed by atoms with Crippen LogP contribution in [0.5, 0.6) is 0 Å². The van der Waals surface area contributed by atoms with Crippen molar-refractivity contribution in [2.75, 3.05) is 0 Å². The summed E-state index contributed by atoms with van der Waals surface area (Å²) in [5.41, 5.74) is -2.64. The molecule has 0 fully saturated rings. The van der Waals surface area contributed by atoms with Gasteiger partial charge in [0.1, 0.15) is 7.85 Å². The van der Waals surface area contributed by atoms with Crippen molar-refractivity contribution >= 4 is 42.9 Å². The number of rotatable bonds is 0. The van der Waals surface area contributed by atoms with Gasteiger partial charge in [-0.3, -0.25) is 0 Å². The summed E-state index contributed by atoms with van der Waals surface area (Å²) in [6, 6.07) is 1.46. The fourth-order valence-electron chi connectivity index (χ4n) is 1.11. The minimum atomic E-state index is -4.76. The second kappa shape index (κ2) is 5.02. The molecule has 1 rings (SSSR count). The molecule has 0 aliphatic heterocycles. The summed E-state index contributed by atoms with van der Waals surface area (Å²) in [5.74, 6) is 0. The van der Waals surface area contributed by atoms with E-state index in [0.717, 1.165) is 0 Å². The van der Waals surface area contributed by atoms with Crippen molar-refractivity contribution < 1.29 is 26.3 Å². The molecule has 0 aliphatic carbocycles. The summed E-state index contributed by atoms with van der Waals surface area (Å²) in [6.45, 7) is 0. The number of benzene rings is 1. The fourth-order valence-corrected chi connectivity index (χ4v) is 1.11. The molecule has 0 radical (unpaired) electrons. The van der Waals surface area contributed by atoms with E-state index in [1.165, 1.54) is 7.85 Å². The Morgan fingerprint density at radius 1 is 0.750 bits per heavy atom. The molecule has 0 saturated heterocycles. The molecular formula is C8H6BF6Na. The molecule has 1 aromatic rings. The average molecular weight is 250 g/mol. The van der Waals surface area contributed by atoms with Crippen molar-refractivity contribution in [3.05, 3.63) is 29.3 Å². The van der Waals surface area contributed by atoms with Crippen molar-refractivity contribution in [1.82, 2.24) is 0 Å². The molecule has 0 unspecified atom stereocenters. The van der Waals surface area contributed by atoms with Crippen molar-refractivity contribution in [3.63, 3.8) is 0 Å². The van der Waals surface area contributed by atoms with Gasteiger partial charge in [-0.15, -0.1) is 0 Å². The Balaban J connectivity index is 0.00000225. The van der Waals surface area contributed by atoms with Crippen LogP contribution in [0.1, 0.15) is 11.1 Å². The third-order valence-corrected chi connectivity index (χ3v) is 1.73. The molecule has 0 aromatic heterocycles. The molecule has 0 saturated carbocycles. The Labute approximate surface area is 111 Å². The van der Waals surface area contributed by atoms with Crippen molar-refractivity contribution in [1.29, 1.82) is 0 Å². The molecule has 84 valence electrons. The first-order valence-corrected chi connectivity index (χ1v) is 3.87. The van der Waals surface area contributed by atoms with Crippen LogP contribution in [0, 0.1) is 0 Å². The van der Waals surface area contributed by atoms with Crippen LogP contribution in [0.3, 0.4) is 0 Å². The first-order chi connectivity index (χ1) is 6.60. The minimum absolute atomic E-state index is 0. The molecule has 0 heterocycles. The summed E-state index contributed by atoms with van der Waals surface area (Å²) in [6.07, 6.45) is -9.52. The first kappa shape index (κ1) is 15.9. The van der Waals surface area contributed by atoms with E-state index in [4.69, 9.17) is 0 Å². The van der Waals surface area contributed by atoms with E-state index < -0.39 is 23.5 Å². The van der Waals surface area contributed by atoms with E-state index in [1.54, 1.807) is 0 Å². The topological polar surface area (TPSA) is 0 Å². The van der Waals surface area contributed by atoms with Crippen LogP contribution in [0.25, 0.3) is 0 Å². The third-order valence-electron chi connectivity index (χ3n) is 1.73. The number of halogens is 6. The zero-order valence-electron chi connectivity index (χ0n) is 7.50. The van der Waals surface area contributed by atoms with Gasteiger partial charge in [-0.05, 0) is 6.07 Å². The van der Waals surface area contributed by atoms with Gasteiger partial charge in [0.05, 0.1) is 11.1 Å². The van der Waals surface area contributed by atoms with Gasteiger partial charge in [-0.2, -0.15) is 26.3 Å². The van der Waals surface area contributed by atoms with E-state index in [-0.39, 0.29) is 41.1 Å². The predicted octanol–water partition coefficient (Wildman–Crippen LogP) is 1.33. The normalized spacial score (nSPS) is 12.1. The van der Waals surface area contributed by atoms with E-state index in [0.29, 0.717) is 12.1 Å². The molecular weight excluding hydrogens is 244 g/mol. The maximum atomic E-state index is 12.2. The standard InChI is InChI=1S/C8H5BF6.Na.H/c9-6-2-4(7(10,11)12)1-5(3-6)8(13,14)15;;/h1-3H,9H2;;. The Kier molecular flexibility index (Phi) is 4.98. The van der Waals surface area contributed by atoms with Crippen LogP contribution in [-0.4, -0.2) is 37.4 Å². The molecule has 0 spiro atoms. The predicted molar refractivity (Wildman–Crippen MR) is 51.8 cm³/mol. The summed E-state index contributed by atoms with van der Waals surface area (Å²) in [7, 11) is 1.18. The van der Waals surface area contributed by atoms with Crippen LogP contribution in [0.4, 0.5) is 26.3 Å². The van der Waals surface area contributed by atoms with Crippen LogP contribution in [-0.2, 0) is 12.4 Å². The number of alkyl halides is 6. The van der Waals surface area contributed by atoms with E-state index >= 15 is 0 Å². The summed E-state index contributed by atoms with van der Waals surface area (Å²) >= 11 is 0. The quantitative estimate of drug-likeness (QED) is 0.481. The number of hydrogen-bond donors (Lipinski definition) is 0. The summed E-state index contributed by atoms with van der Waals surface area (Å²) < 4.78 is 73.0. The number of hydrogen-bond acceptors (Lipinski definition) is 0. The zero-order valence-corrected chi connectivity index (χ0v) is 7.50. The third kappa shape index (κ3) is 4.03. The second-order valence-electron chi connectivity index (χ2n) is 3.08. The van der Waals surface area contributed by atoms with Crippen molar-refractivity contribution in [2.24, 2.45) is 0 Å². The molecule has 0 bridgehead atoms. The van der Waals surface area contributed by atoms with Crippen molar-refractivity contribution in [2.45, 2.75) is 12.4 Å². The summed E-state index contributed by atoms with van der Waals surface area (Å²) in [4.78, 5) is 0. The molecule has 1 aromatic carbocycles. The van der Waals surface area contributed by atoms with Crippen LogP contribution in [0.2, 0.25) is 0 Å². The Hall–Kier alpha value is -0.135. The summed E-state index contributed by atoms with van der Waals surface area (Å²) in [5, 5.41) is 0. The van der Waals surface area contributed by atoms with Crippen molar-refractivity contribution in [3.8, 4) is 0 Å². The van der Waals surface area contributed by atoms with E-state index in [2.05, 4.69) is 0 Å². The Bertz CT molecular complexity index is 338. The molecule has 0 amide bonds. The molecule has 8 heteroatoms. The van der Waals surface area contributed by atoms with Gasteiger partial charge in [0.15, 0.2) is 0 Å². The van der Waals surface area contributed by atoms with Gasteiger partial charge in [0.2, 0.25) is 0 Å². The SMILES string of the molecule is Bc1cc(C(F)(F)F)cc(C(F)(F)F)c1.[NaH]. The monoisotopic (exact) mass is 250 g/mol. The van der Waals surface area contributed by atoms with Gasteiger partial charge in [-0.25, -0.2) is 0 Å². The molecule has 16 heavy (non-hydrogen) atoms. The Morgan fingerprint density at radius 2 is 1.06 bits per heavy atom. The van der Waals surface area contributed by atoms with Gasteiger partial charge < -0.3 is 0 Å². The van der Waals surface area contributed by atoms with Crippen LogP contribution < -0.4 is 5.46 Å². The van der Waals surface area contributed by atoms with Crippen LogP contribution >= 0.6 is 0 Å². The van der Waals surface area contributed by atoms with Gasteiger partial charge in [-0.1, -0.05) is 17.6 Å². The maximum absolute atomic E-state index is 12.2.